The van der Waals surface area contributed by atoms with Gasteiger partial charge in [-0.25, -0.2) is 4.79 Å². The largest absolute Gasteiger partial charge is 0.482 e. The zero-order valence-electron chi connectivity index (χ0n) is 18.2. The first-order valence-electron chi connectivity index (χ1n) is 10.4. The number of carbonyl (C=O) groups excluding carboxylic acids is 2. The molecule has 0 saturated heterocycles. The van der Waals surface area contributed by atoms with E-state index >= 15 is 0 Å². The maximum Gasteiger partial charge on any atom is 0.344 e. The lowest BCUT2D eigenvalue weighted by Gasteiger charge is -2.13. The summed E-state index contributed by atoms with van der Waals surface area (Å²) in [5.41, 5.74) is 1.72. The van der Waals surface area contributed by atoms with Crippen LogP contribution in [0.4, 0.5) is 5.69 Å². The van der Waals surface area contributed by atoms with Crippen LogP contribution in [0.25, 0.3) is 11.4 Å². The molecule has 0 atom stereocenters. The first-order chi connectivity index (χ1) is 16.6. The van der Waals surface area contributed by atoms with E-state index in [9.17, 15) is 9.59 Å². The molecular formula is C24H21N5O5. The van der Waals surface area contributed by atoms with Gasteiger partial charge >= 0.3 is 5.97 Å². The van der Waals surface area contributed by atoms with E-state index in [1.165, 1.54) is 0 Å². The maximum atomic E-state index is 12.8. The van der Waals surface area contributed by atoms with Crippen LogP contribution in [0, 0.1) is 0 Å². The van der Waals surface area contributed by atoms with E-state index in [0.717, 1.165) is 5.56 Å². The second-order valence-electron chi connectivity index (χ2n) is 6.93. The van der Waals surface area contributed by atoms with Crippen LogP contribution in [0.2, 0.25) is 0 Å². The second kappa shape index (κ2) is 10.7. The molecule has 2 N–H and O–H groups in total. The first-order valence-corrected chi connectivity index (χ1v) is 10.4. The van der Waals surface area contributed by atoms with Crippen molar-refractivity contribution >= 4 is 17.6 Å². The summed E-state index contributed by atoms with van der Waals surface area (Å²) in [7, 11) is 0. The van der Waals surface area contributed by atoms with Gasteiger partial charge in [0.1, 0.15) is 11.5 Å². The van der Waals surface area contributed by atoms with Crippen LogP contribution in [0.1, 0.15) is 17.3 Å². The Balaban J connectivity index is 1.40. The van der Waals surface area contributed by atoms with Gasteiger partial charge in [0, 0.05) is 11.1 Å². The minimum atomic E-state index is -0.453. The summed E-state index contributed by atoms with van der Waals surface area (Å²) in [6, 6.07) is 20.7. The van der Waals surface area contributed by atoms with E-state index in [0.29, 0.717) is 34.3 Å². The number of ether oxygens (including phenoxy) is 3. The third kappa shape index (κ3) is 5.74. The van der Waals surface area contributed by atoms with Crippen molar-refractivity contribution in [3.05, 3.63) is 78.4 Å². The van der Waals surface area contributed by atoms with Crippen molar-refractivity contribution in [2.75, 3.05) is 18.5 Å². The quantitative estimate of drug-likeness (QED) is 0.361. The van der Waals surface area contributed by atoms with Gasteiger partial charge in [-0.1, -0.05) is 12.1 Å². The van der Waals surface area contributed by atoms with Crippen LogP contribution in [0.5, 0.6) is 17.2 Å². The highest BCUT2D eigenvalue weighted by molar-refractivity contribution is 6.05. The fraction of sp³-hybridized carbons (Fsp3) is 0.125. The number of H-pyrrole nitrogens is 1. The van der Waals surface area contributed by atoms with Crippen molar-refractivity contribution in [3.8, 4) is 28.6 Å². The Hall–Kier alpha value is -4.73. The van der Waals surface area contributed by atoms with Gasteiger partial charge in [0.25, 0.3) is 5.91 Å². The number of esters is 1. The number of aromatic amines is 1. The fourth-order valence-corrected chi connectivity index (χ4v) is 2.98. The van der Waals surface area contributed by atoms with Gasteiger partial charge in [-0.3, -0.25) is 4.79 Å². The average Bonchev–Trinajstić information content (AvgIpc) is 3.40. The summed E-state index contributed by atoms with van der Waals surface area (Å²) in [5, 5.41) is 16.7. The summed E-state index contributed by atoms with van der Waals surface area (Å²) in [5.74, 6) is 1.23. The summed E-state index contributed by atoms with van der Waals surface area (Å²) in [6.07, 6.45) is 0. The molecule has 0 unspecified atom stereocenters. The molecule has 0 aliphatic heterocycles. The van der Waals surface area contributed by atoms with Crippen LogP contribution >= 0.6 is 0 Å². The van der Waals surface area contributed by atoms with Crippen molar-refractivity contribution in [2.45, 2.75) is 6.92 Å². The molecule has 0 radical (unpaired) electrons. The van der Waals surface area contributed by atoms with Gasteiger partial charge in [0.15, 0.2) is 12.4 Å². The van der Waals surface area contributed by atoms with Crippen LogP contribution in [-0.2, 0) is 9.53 Å². The zero-order chi connectivity index (χ0) is 23.8. The number of tetrazole rings is 1. The number of rotatable bonds is 9. The Morgan fingerprint density at radius 3 is 2.38 bits per heavy atom. The molecule has 1 amide bonds. The minimum absolute atomic E-state index is 0.194. The first kappa shape index (κ1) is 22.5. The third-order valence-electron chi connectivity index (χ3n) is 4.60. The molecule has 4 aromatic rings. The summed E-state index contributed by atoms with van der Waals surface area (Å²) < 4.78 is 16.1. The third-order valence-corrected chi connectivity index (χ3v) is 4.60. The lowest BCUT2D eigenvalue weighted by molar-refractivity contribution is -0.145. The SMILES string of the molecule is CCOC(=O)COc1ccc(C(=O)Nc2ccccc2Oc2ccc(-c3nn[nH]n3)cc2)cc1. The van der Waals surface area contributed by atoms with Crippen molar-refractivity contribution in [1.82, 2.24) is 20.6 Å². The smallest absolute Gasteiger partial charge is 0.344 e. The molecular weight excluding hydrogens is 438 g/mol. The van der Waals surface area contributed by atoms with E-state index in [4.69, 9.17) is 14.2 Å². The number of hydrogen-bond acceptors (Lipinski definition) is 8. The van der Waals surface area contributed by atoms with Crippen LogP contribution < -0.4 is 14.8 Å². The lowest BCUT2D eigenvalue weighted by atomic mass is 10.2. The zero-order valence-corrected chi connectivity index (χ0v) is 18.2. The lowest BCUT2D eigenvalue weighted by Crippen LogP contribution is -2.15. The second-order valence-corrected chi connectivity index (χ2v) is 6.93. The molecule has 0 spiro atoms. The molecule has 10 heteroatoms. The number of nitrogens with zero attached hydrogens (tertiary/aromatic N) is 3. The normalized spacial score (nSPS) is 10.4. The fourth-order valence-electron chi connectivity index (χ4n) is 2.98. The number of aromatic nitrogens is 4. The van der Waals surface area contributed by atoms with Gasteiger partial charge < -0.3 is 19.5 Å². The molecule has 10 nitrogen and oxygen atoms in total. The molecule has 3 aromatic carbocycles. The standard InChI is InChI=1S/C24H21N5O5/c1-2-32-22(30)15-33-18-11-9-17(10-12-18)24(31)25-20-5-3-4-6-21(20)34-19-13-7-16(8-14-19)23-26-28-29-27-23/h3-14H,2,15H2,1H3,(H,25,31)(H,26,27,28,29). The van der Waals surface area contributed by atoms with E-state index in [-0.39, 0.29) is 19.1 Å². The number of anilines is 1. The van der Waals surface area contributed by atoms with Crippen molar-refractivity contribution in [3.63, 3.8) is 0 Å². The maximum absolute atomic E-state index is 12.8. The van der Waals surface area contributed by atoms with E-state index in [2.05, 4.69) is 25.9 Å². The van der Waals surface area contributed by atoms with E-state index in [1.54, 1.807) is 61.5 Å². The Morgan fingerprint density at radius 1 is 0.941 bits per heavy atom. The van der Waals surface area contributed by atoms with Gasteiger partial charge in [0.05, 0.1) is 12.3 Å². The molecule has 0 aliphatic carbocycles. The number of benzene rings is 3. The van der Waals surface area contributed by atoms with Crippen molar-refractivity contribution in [2.24, 2.45) is 0 Å². The Labute approximate surface area is 194 Å². The van der Waals surface area contributed by atoms with Crippen molar-refractivity contribution < 1.29 is 23.8 Å². The van der Waals surface area contributed by atoms with Crippen molar-refractivity contribution in [1.29, 1.82) is 0 Å². The van der Waals surface area contributed by atoms with E-state index < -0.39 is 5.97 Å². The molecule has 172 valence electrons. The highest BCUT2D eigenvalue weighted by atomic mass is 16.6. The summed E-state index contributed by atoms with van der Waals surface area (Å²) in [6.45, 7) is 1.82. The van der Waals surface area contributed by atoms with Gasteiger partial charge in [-0.15, -0.1) is 10.2 Å². The predicted octanol–water partition coefficient (Wildman–Crippen LogP) is 3.85. The minimum Gasteiger partial charge on any atom is -0.482 e. The monoisotopic (exact) mass is 459 g/mol. The average molecular weight is 459 g/mol. The van der Waals surface area contributed by atoms with Crippen LogP contribution in [-0.4, -0.2) is 45.7 Å². The molecule has 0 fully saturated rings. The molecule has 0 aliphatic rings. The van der Waals surface area contributed by atoms with Gasteiger partial charge in [-0.05, 0) is 72.8 Å². The van der Waals surface area contributed by atoms with E-state index in [1.807, 2.05) is 18.2 Å². The topological polar surface area (TPSA) is 128 Å². The van der Waals surface area contributed by atoms with Gasteiger partial charge in [-0.2, -0.15) is 5.21 Å². The molecule has 1 heterocycles. The molecule has 0 bridgehead atoms. The Kier molecular flexibility index (Phi) is 7.09. The number of amides is 1. The van der Waals surface area contributed by atoms with Gasteiger partial charge in [0.2, 0.25) is 5.82 Å². The van der Waals surface area contributed by atoms with Crippen LogP contribution in [0.15, 0.2) is 72.8 Å². The molecule has 34 heavy (non-hydrogen) atoms. The predicted molar refractivity (Wildman–Crippen MR) is 123 cm³/mol. The molecule has 1 aromatic heterocycles. The summed E-state index contributed by atoms with van der Waals surface area (Å²) >= 11 is 0. The summed E-state index contributed by atoms with van der Waals surface area (Å²) in [4.78, 5) is 24.1. The highest BCUT2D eigenvalue weighted by Gasteiger charge is 2.12. The Bertz CT molecular complexity index is 1240. The van der Waals surface area contributed by atoms with Crippen LogP contribution in [0.3, 0.4) is 0 Å². The number of para-hydroxylation sites is 2. The number of carbonyl (C=O) groups is 2. The Morgan fingerprint density at radius 2 is 1.68 bits per heavy atom. The number of nitrogens with one attached hydrogen (secondary N) is 2. The molecule has 0 saturated carbocycles. The highest BCUT2D eigenvalue weighted by Crippen LogP contribution is 2.30. The molecule has 4 rings (SSSR count). The number of hydrogen-bond donors (Lipinski definition) is 2.